The summed E-state index contributed by atoms with van der Waals surface area (Å²) in [6.45, 7) is 5.45. The van der Waals surface area contributed by atoms with Gasteiger partial charge in [0.2, 0.25) is 5.91 Å². The van der Waals surface area contributed by atoms with Gasteiger partial charge in [0.25, 0.3) is 0 Å². The zero-order valence-electron chi connectivity index (χ0n) is 13.4. The molecule has 1 aromatic heterocycles. The molecular formula is C17H21NO3S2. The summed E-state index contributed by atoms with van der Waals surface area (Å²) < 4.78 is 26.1. The van der Waals surface area contributed by atoms with Gasteiger partial charge < -0.3 is 5.32 Å². The number of sulfone groups is 1. The summed E-state index contributed by atoms with van der Waals surface area (Å²) >= 11 is 1.19. The largest absolute Gasteiger partial charge is 0.354 e. The molecule has 1 unspecified atom stereocenters. The molecule has 1 N–H and O–H groups in total. The highest BCUT2D eigenvalue weighted by Crippen LogP contribution is 2.31. The average Bonchev–Trinajstić information content (AvgIpc) is 3.02. The summed E-state index contributed by atoms with van der Waals surface area (Å²) in [5.41, 5.74) is 0.114. The molecule has 0 aliphatic rings. The van der Waals surface area contributed by atoms with E-state index >= 15 is 0 Å². The SMILES string of the molecule is CC(C)(C)C(=O)NCC(c1ccccc1)S(=O)(=O)c1cccs1. The molecule has 0 aliphatic heterocycles. The van der Waals surface area contributed by atoms with Crippen molar-refractivity contribution in [3.05, 3.63) is 53.4 Å². The van der Waals surface area contributed by atoms with Crippen LogP contribution in [0.25, 0.3) is 0 Å². The van der Waals surface area contributed by atoms with Gasteiger partial charge in [-0.15, -0.1) is 11.3 Å². The minimum atomic E-state index is -3.55. The van der Waals surface area contributed by atoms with Crippen LogP contribution in [0.3, 0.4) is 0 Å². The number of amides is 1. The van der Waals surface area contributed by atoms with E-state index < -0.39 is 20.5 Å². The van der Waals surface area contributed by atoms with Crippen LogP contribution in [-0.2, 0) is 14.6 Å². The normalized spacial score (nSPS) is 13.5. The van der Waals surface area contributed by atoms with Crippen molar-refractivity contribution in [1.29, 1.82) is 0 Å². The van der Waals surface area contributed by atoms with Crippen molar-refractivity contribution in [3.63, 3.8) is 0 Å². The topological polar surface area (TPSA) is 63.2 Å². The average molecular weight is 351 g/mol. The van der Waals surface area contributed by atoms with Gasteiger partial charge >= 0.3 is 0 Å². The maximum atomic E-state index is 12.9. The number of benzene rings is 1. The number of carbonyl (C=O) groups is 1. The summed E-state index contributed by atoms with van der Waals surface area (Å²) in [5, 5.41) is 3.72. The summed E-state index contributed by atoms with van der Waals surface area (Å²) in [6, 6.07) is 12.3. The Kier molecular flexibility index (Phi) is 5.26. The van der Waals surface area contributed by atoms with Crippen LogP contribution in [0, 0.1) is 5.41 Å². The fourth-order valence-corrected chi connectivity index (χ4v) is 4.96. The van der Waals surface area contributed by atoms with Crippen LogP contribution in [0.5, 0.6) is 0 Å². The van der Waals surface area contributed by atoms with Gasteiger partial charge in [0, 0.05) is 12.0 Å². The van der Waals surface area contributed by atoms with Gasteiger partial charge in [0.15, 0.2) is 9.84 Å². The van der Waals surface area contributed by atoms with Crippen LogP contribution >= 0.6 is 11.3 Å². The first-order valence-electron chi connectivity index (χ1n) is 7.33. The van der Waals surface area contributed by atoms with Gasteiger partial charge in [-0.05, 0) is 17.0 Å². The molecule has 0 spiro atoms. The Balaban J connectivity index is 2.33. The molecule has 0 aliphatic carbocycles. The van der Waals surface area contributed by atoms with Crippen LogP contribution in [0.4, 0.5) is 0 Å². The highest BCUT2D eigenvalue weighted by molar-refractivity contribution is 7.93. The molecule has 0 saturated heterocycles. The highest BCUT2D eigenvalue weighted by Gasteiger charge is 2.31. The third-order valence-corrected chi connectivity index (χ3v) is 6.98. The van der Waals surface area contributed by atoms with Crippen LogP contribution in [0.15, 0.2) is 52.1 Å². The molecule has 124 valence electrons. The van der Waals surface area contributed by atoms with Gasteiger partial charge in [-0.2, -0.15) is 0 Å². The molecule has 0 radical (unpaired) electrons. The Hall–Kier alpha value is -1.66. The van der Waals surface area contributed by atoms with E-state index in [0.29, 0.717) is 9.77 Å². The van der Waals surface area contributed by atoms with E-state index in [4.69, 9.17) is 0 Å². The number of rotatable bonds is 5. The Bertz CT molecular complexity index is 745. The predicted octanol–water partition coefficient (Wildman–Crippen LogP) is 3.43. The molecule has 1 atom stereocenters. The van der Waals surface area contributed by atoms with Gasteiger partial charge in [-0.3, -0.25) is 4.79 Å². The molecule has 0 bridgehead atoms. The number of carbonyl (C=O) groups excluding carboxylic acids is 1. The Morgan fingerprint density at radius 1 is 1.13 bits per heavy atom. The fraction of sp³-hybridized carbons (Fsp3) is 0.353. The first-order chi connectivity index (χ1) is 10.7. The van der Waals surface area contributed by atoms with E-state index in [9.17, 15) is 13.2 Å². The van der Waals surface area contributed by atoms with Crippen molar-refractivity contribution in [2.24, 2.45) is 5.41 Å². The van der Waals surface area contributed by atoms with Crippen molar-refractivity contribution in [2.75, 3.05) is 6.54 Å². The second-order valence-corrected chi connectivity index (χ2v) is 9.64. The molecule has 1 heterocycles. The smallest absolute Gasteiger partial charge is 0.225 e. The number of thiophene rings is 1. The molecule has 0 fully saturated rings. The molecule has 2 rings (SSSR count). The van der Waals surface area contributed by atoms with Crippen molar-refractivity contribution in [1.82, 2.24) is 5.32 Å². The first-order valence-corrected chi connectivity index (χ1v) is 9.76. The van der Waals surface area contributed by atoms with Gasteiger partial charge in [-0.1, -0.05) is 57.2 Å². The summed E-state index contributed by atoms with van der Waals surface area (Å²) in [4.78, 5) is 12.1. The maximum absolute atomic E-state index is 12.9. The Morgan fingerprint density at radius 2 is 1.78 bits per heavy atom. The summed E-state index contributed by atoms with van der Waals surface area (Å²) in [7, 11) is -3.55. The fourth-order valence-electron chi connectivity index (χ4n) is 2.09. The summed E-state index contributed by atoms with van der Waals surface area (Å²) in [6.07, 6.45) is 0. The van der Waals surface area contributed by atoms with Crippen molar-refractivity contribution < 1.29 is 13.2 Å². The van der Waals surface area contributed by atoms with Gasteiger partial charge in [-0.25, -0.2) is 8.42 Å². The van der Waals surface area contributed by atoms with Crippen molar-refractivity contribution in [2.45, 2.75) is 30.2 Å². The number of hydrogen-bond donors (Lipinski definition) is 1. The van der Waals surface area contributed by atoms with Crippen molar-refractivity contribution in [3.8, 4) is 0 Å². The second kappa shape index (κ2) is 6.84. The lowest BCUT2D eigenvalue weighted by atomic mass is 9.95. The predicted molar refractivity (Wildman–Crippen MR) is 93.2 cm³/mol. The highest BCUT2D eigenvalue weighted by atomic mass is 32.2. The van der Waals surface area contributed by atoms with Gasteiger partial charge in [0.05, 0.1) is 0 Å². The Morgan fingerprint density at radius 3 is 2.30 bits per heavy atom. The van der Waals surface area contributed by atoms with Crippen LogP contribution < -0.4 is 5.32 Å². The molecule has 2 aromatic rings. The minimum Gasteiger partial charge on any atom is -0.354 e. The monoisotopic (exact) mass is 351 g/mol. The third-order valence-electron chi connectivity index (χ3n) is 3.45. The molecule has 23 heavy (non-hydrogen) atoms. The standard InChI is InChI=1S/C17H21NO3S2/c1-17(2,3)16(19)18-12-14(13-8-5-4-6-9-13)23(20,21)15-10-7-11-22-15/h4-11,14H,12H2,1-3H3,(H,18,19). The van der Waals surface area contributed by atoms with E-state index in [1.54, 1.807) is 62.5 Å². The van der Waals surface area contributed by atoms with Gasteiger partial charge in [0.1, 0.15) is 9.46 Å². The molecule has 6 heteroatoms. The first kappa shape index (κ1) is 17.7. The lowest BCUT2D eigenvalue weighted by molar-refractivity contribution is -0.128. The molecule has 1 aromatic carbocycles. The molecular weight excluding hydrogens is 330 g/mol. The van der Waals surface area contributed by atoms with Crippen molar-refractivity contribution >= 4 is 27.1 Å². The minimum absolute atomic E-state index is 0.0559. The van der Waals surface area contributed by atoms with E-state index in [1.807, 2.05) is 6.07 Å². The van der Waals surface area contributed by atoms with E-state index in [2.05, 4.69) is 5.32 Å². The summed E-state index contributed by atoms with van der Waals surface area (Å²) in [5.74, 6) is -0.167. The molecule has 1 amide bonds. The van der Waals surface area contributed by atoms with Crippen LogP contribution in [0.2, 0.25) is 0 Å². The van der Waals surface area contributed by atoms with E-state index in [1.165, 1.54) is 11.3 Å². The zero-order chi connectivity index (χ0) is 17.1. The van der Waals surface area contributed by atoms with Crippen LogP contribution in [0.1, 0.15) is 31.6 Å². The molecule has 4 nitrogen and oxygen atoms in total. The number of hydrogen-bond acceptors (Lipinski definition) is 4. The zero-order valence-corrected chi connectivity index (χ0v) is 15.1. The molecule has 0 saturated carbocycles. The van der Waals surface area contributed by atoms with Crippen LogP contribution in [-0.4, -0.2) is 20.9 Å². The Labute approximate surface area is 141 Å². The van der Waals surface area contributed by atoms with E-state index in [0.717, 1.165) is 0 Å². The lowest BCUT2D eigenvalue weighted by Gasteiger charge is -2.22. The quantitative estimate of drug-likeness (QED) is 0.898. The third kappa shape index (κ3) is 4.20. The maximum Gasteiger partial charge on any atom is 0.225 e. The second-order valence-electron chi connectivity index (χ2n) is 6.34. The lowest BCUT2D eigenvalue weighted by Crippen LogP contribution is -2.38. The number of nitrogens with one attached hydrogen (secondary N) is 1. The van der Waals surface area contributed by atoms with E-state index in [-0.39, 0.29) is 12.5 Å².